The second kappa shape index (κ2) is 5.29. The number of carbonyl (C=O) groups excluding carboxylic acids is 1. The fraction of sp³-hybridized carbons (Fsp3) is 0.176. The van der Waals surface area contributed by atoms with Gasteiger partial charge in [0, 0.05) is 11.6 Å². The van der Waals surface area contributed by atoms with E-state index in [1.165, 1.54) is 11.1 Å². The number of nitrogen functional groups attached to an aromatic ring is 1. The van der Waals surface area contributed by atoms with E-state index in [0.29, 0.717) is 16.9 Å². The first-order valence-corrected chi connectivity index (χ1v) is 6.84. The van der Waals surface area contributed by atoms with Crippen LogP contribution in [0.1, 0.15) is 16.7 Å². The van der Waals surface area contributed by atoms with Gasteiger partial charge in [-0.05, 0) is 42.2 Å². The highest BCUT2D eigenvalue weighted by molar-refractivity contribution is 5.94. The Kier molecular flexibility index (Phi) is 3.33. The predicted octanol–water partition coefficient (Wildman–Crippen LogP) is 2.49. The van der Waals surface area contributed by atoms with E-state index in [4.69, 9.17) is 11.0 Å². The van der Waals surface area contributed by atoms with Crippen LogP contribution < -0.4 is 11.1 Å². The molecule has 1 aliphatic carbocycles. The van der Waals surface area contributed by atoms with E-state index in [0.717, 1.165) is 12.8 Å². The lowest BCUT2D eigenvalue weighted by Crippen LogP contribution is -2.23. The molecule has 0 unspecified atom stereocenters. The Morgan fingerprint density at radius 2 is 1.86 bits per heavy atom. The van der Waals surface area contributed by atoms with Crippen LogP contribution in [0.5, 0.6) is 0 Å². The maximum absolute atomic E-state index is 12.4. The third-order valence-electron chi connectivity index (χ3n) is 3.84. The molecule has 0 saturated heterocycles. The van der Waals surface area contributed by atoms with E-state index in [-0.39, 0.29) is 11.8 Å². The average Bonchev–Trinajstić information content (AvgIpc) is 2.93. The summed E-state index contributed by atoms with van der Waals surface area (Å²) in [6.45, 7) is 0. The Bertz CT molecular complexity index is 721. The Morgan fingerprint density at radius 3 is 2.48 bits per heavy atom. The van der Waals surface area contributed by atoms with Crippen LogP contribution in [0.4, 0.5) is 11.4 Å². The third kappa shape index (κ3) is 2.59. The zero-order valence-corrected chi connectivity index (χ0v) is 11.5. The largest absolute Gasteiger partial charge is 0.399 e. The average molecular weight is 277 g/mol. The van der Waals surface area contributed by atoms with Crippen molar-refractivity contribution in [2.75, 3.05) is 11.1 Å². The Balaban J connectivity index is 1.76. The summed E-state index contributed by atoms with van der Waals surface area (Å²) in [5.74, 6) is -0.126. The number of amides is 1. The van der Waals surface area contributed by atoms with Gasteiger partial charge < -0.3 is 11.1 Å². The van der Waals surface area contributed by atoms with Crippen molar-refractivity contribution in [2.45, 2.75) is 12.8 Å². The van der Waals surface area contributed by atoms with Crippen LogP contribution in [0, 0.1) is 17.2 Å². The number of nitrogens with zero attached hydrogens (tertiary/aromatic N) is 1. The van der Waals surface area contributed by atoms with Gasteiger partial charge in [-0.25, -0.2) is 0 Å². The van der Waals surface area contributed by atoms with Crippen LogP contribution in [-0.2, 0) is 17.6 Å². The maximum atomic E-state index is 12.4. The van der Waals surface area contributed by atoms with Gasteiger partial charge >= 0.3 is 0 Å². The van der Waals surface area contributed by atoms with E-state index in [9.17, 15) is 4.79 Å². The highest BCUT2D eigenvalue weighted by Crippen LogP contribution is 2.28. The highest BCUT2D eigenvalue weighted by atomic mass is 16.1. The van der Waals surface area contributed by atoms with Gasteiger partial charge in [0.25, 0.3) is 0 Å². The number of hydrogen-bond acceptors (Lipinski definition) is 3. The summed E-state index contributed by atoms with van der Waals surface area (Å²) in [5, 5.41) is 12.0. The number of nitrogens with two attached hydrogens (primary N) is 1. The first kappa shape index (κ1) is 13.2. The van der Waals surface area contributed by atoms with Gasteiger partial charge in [0.2, 0.25) is 5.91 Å². The summed E-state index contributed by atoms with van der Waals surface area (Å²) in [5.41, 5.74) is 9.53. The second-order valence-corrected chi connectivity index (χ2v) is 5.28. The molecule has 0 aliphatic heterocycles. The van der Waals surface area contributed by atoms with Crippen molar-refractivity contribution >= 4 is 17.3 Å². The van der Waals surface area contributed by atoms with Crippen molar-refractivity contribution in [1.29, 1.82) is 5.26 Å². The molecule has 0 radical (unpaired) electrons. The normalized spacial score (nSPS) is 13.5. The first-order valence-electron chi connectivity index (χ1n) is 6.84. The van der Waals surface area contributed by atoms with Gasteiger partial charge in [0.15, 0.2) is 0 Å². The quantitative estimate of drug-likeness (QED) is 0.828. The van der Waals surface area contributed by atoms with Gasteiger partial charge in [0.05, 0.1) is 11.3 Å². The van der Waals surface area contributed by atoms with Crippen LogP contribution in [-0.4, -0.2) is 5.91 Å². The molecule has 0 heterocycles. The molecule has 1 amide bonds. The van der Waals surface area contributed by atoms with E-state index in [1.54, 1.807) is 18.2 Å². The van der Waals surface area contributed by atoms with Crippen LogP contribution in [0.2, 0.25) is 0 Å². The van der Waals surface area contributed by atoms with Gasteiger partial charge in [0.1, 0.15) is 6.07 Å². The molecule has 0 aromatic heterocycles. The fourth-order valence-electron chi connectivity index (χ4n) is 2.74. The van der Waals surface area contributed by atoms with Gasteiger partial charge in [-0.2, -0.15) is 5.26 Å². The number of anilines is 2. The molecule has 4 nitrogen and oxygen atoms in total. The van der Waals surface area contributed by atoms with Crippen molar-refractivity contribution in [3.8, 4) is 6.07 Å². The molecule has 0 bridgehead atoms. The number of nitriles is 1. The van der Waals surface area contributed by atoms with Crippen molar-refractivity contribution in [3.63, 3.8) is 0 Å². The molecule has 0 atom stereocenters. The summed E-state index contributed by atoms with van der Waals surface area (Å²) >= 11 is 0. The third-order valence-corrected chi connectivity index (χ3v) is 3.84. The van der Waals surface area contributed by atoms with Gasteiger partial charge in [-0.15, -0.1) is 0 Å². The highest BCUT2D eigenvalue weighted by Gasteiger charge is 2.27. The van der Waals surface area contributed by atoms with Gasteiger partial charge in [-0.3, -0.25) is 4.79 Å². The minimum absolute atomic E-state index is 0.0486. The zero-order chi connectivity index (χ0) is 14.8. The first-order chi connectivity index (χ1) is 10.2. The predicted molar refractivity (Wildman–Crippen MR) is 81.5 cm³/mol. The minimum atomic E-state index is -0.0773. The standard InChI is InChI=1S/C17H15N3O/c18-10-14-9-15(19)5-6-16(14)20-17(21)13-7-11-3-1-2-4-12(11)8-13/h1-6,9,13H,7-8,19H2,(H,20,21). The van der Waals surface area contributed by atoms with Crippen molar-refractivity contribution in [2.24, 2.45) is 5.92 Å². The molecule has 4 heteroatoms. The molecular weight excluding hydrogens is 262 g/mol. The molecule has 3 N–H and O–H groups in total. The minimum Gasteiger partial charge on any atom is -0.399 e. The topological polar surface area (TPSA) is 78.9 Å². The summed E-state index contributed by atoms with van der Waals surface area (Å²) in [7, 11) is 0. The van der Waals surface area contributed by atoms with Crippen molar-refractivity contribution in [1.82, 2.24) is 0 Å². The smallest absolute Gasteiger partial charge is 0.228 e. The SMILES string of the molecule is N#Cc1cc(N)ccc1NC(=O)C1Cc2ccccc2C1. The van der Waals surface area contributed by atoms with Crippen LogP contribution in [0.25, 0.3) is 0 Å². The van der Waals surface area contributed by atoms with Gasteiger partial charge in [-0.1, -0.05) is 24.3 Å². The number of carbonyl (C=O) groups is 1. The summed E-state index contributed by atoms with van der Waals surface area (Å²) in [4.78, 5) is 12.4. The molecule has 3 rings (SSSR count). The number of hydrogen-bond donors (Lipinski definition) is 2. The van der Waals surface area contributed by atoms with Crippen LogP contribution >= 0.6 is 0 Å². The zero-order valence-electron chi connectivity index (χ0n) is 11.5. The Morgan fingerprint density at radius 1 is 1.19 bits per heavy atom. The molecule has 0 spiro atoms. The monoisotopic (exact) mass is 277 g/mol. The molecule has 1 aliphatic rings. The second-order valence-electron chi connectivity index (χ2n) is 5.28. The lowest BCUT2D eigenvalue weighted by atomic mass is 10.0. The molecule has 0 fully saturated rings. The molecular formula is C17H15N3O. The Hall–Kier alpha value is -2.80. The molecule has 2 aromatic carbocycles. The van der Waals surface area contributed by atoms with Crippen LogP contribution in [0.3, 0.4) is 0 Å². The lowest BCUT2D eigenvalue weighted by molar-refractivity contribution is -0.119. The van der Waals surface area contributed by atoms with E-state index in [1.807, 2.05) is 12.1 Å². The summed E-state index contributed by atoms with van der Waals surface area (Å²) in [6, 6.07) is 15.1. The van der Waals surface area contributed by atoms with Crippen LogP contribution in [0.15, 0.2) is 42.5 Å². The van der Waals surface area contributed by atoms with E-state index >= 15 is 0 Å². The summed E-state index contributed by atoms with van der Waals surface area (Å²) in [6.07, 6.45) is 1.50. The number of rotatable bonds is 2. The van der Waals surface area contributed by atoms with Crippen molar-refractivity contribution < 1.29 is 4.79 Å². The lowest BCUT2D eigenvalue weighted by Gasteiger charge is -2.12. The number of fused-ring (bicyclic) bond motifs is 1. The van der Waals surface area contributed by atoms with Crippen molar-refractivity contribution in [3.05, 3.63) is 59.2 Å². The number of benzene rings is 2. The van der Waals surface area contributed by atoms with E-state index < -0.39 is 0 Å². The Labute approximate surface area is 123 Å². The molecule has 104 valence electrons. The molecule has 21 heavy (non-hydrogen) atoms. The fourth-order valence-corrected chi connectivity index (χ4v) is 2.74. The molecule has 2 aromatic rings. The van der Waals surface area contributed by atoms with E-state index in [2.05, 4.69) is 23.5 Å². The number of nitrogens with one attached hydrogen (secondary N) is 1. The summed E-state index contributed by atoms with van der Waals surface area (Å²) < 4.78 is 0. The molecule has 0 saturated carbocycles. The maximum Gasteiger partial charge on any atom is 0.228 e.